The highest BCUT2D eigenvalue weighted by Crippen LogP contribution is 2.20. The van der Waals surface area contributed by atoms with Crippen LogP contribution in [-0.2, 0) is 14.8 Å². The Labute approximate surface area is 103 Å². The smallest absolute Gasteiger partial charge is 0.270 e. The molecular weight excluding hydrogens is 264 g/mol. The topological polar surface area (TPSA) is 107 Å². The molecule has 0 aliphatic carbocycles. The molecule has 0 radical (unpaired) electrons. The third-order valence-electron chi connectivity index (χ3n) is 2.52. The minimum absolute atomic E-state index is 0.0740. The van der Waals surface area contributed by atoms with Gasteiger partial charge in [0.15, 0.2) is 0 Å². The second-order valence-electron chi connectivity index (χ2n) is 3.87. The lowest BCUT2D eigenvalue weighted by molar-refractivity contribution is 0.0902. The van der Waals surface area contributed by atoms with Gasteiger partial charge in [0.1, 0.15) is 0 Å². The Bertz CT molecular complexity index is 481. The number of ether oxygens (including phenoxy) is 1. The molecule has 2 rings (SSSR count). The van der Waals surface area contributed by atoms with E-state index in [-0.39, 0.29) is 21.6 Å². The largest absolute Gasteiger partial charge is 0.377 e. The van der Waals surface area contributed by atoms with E-state index < -0.39 is 10.0 Å². The minimum Gasteiger partial charge on any atom is -0.377 e. The fourth-order valence-electron chi connectivity index (χ4n) is 1.70. The average molecular weight is 278 g/mol. The summed E-state index contributed by atoms with van der Waals surface area (Å²) in [5, 5.41) is 7.14. The third-order valence-corrected chi connectivity index (χ3v) is 5.19. The lowest BCUT2D eigenvalue weighted by Crippen LogP contribution is -2.40. The molecule has 1 saturated heterocycles. The zero-order chi connectivity index (χ0) is 12.5. The van der Waals surface area contributed by atoms with Crippen LogP contribution in [0.1, 0.15) is 19.8 Å². The fraction of sp³-hybridized carbons (Fsp3) is 0.750. The van der Waals surface area contributed by atoms with Gasteiger partial charge >= 0.3 is 0 Å². The van der Waals surface area contributed by atoms with Crippen molar-refractivity contribution < 1.29 is 13.2 Å². The predicted molar refractivity (Wildman–Crippen MR) is 63.1 cm³/mol. The fourth-order valence-corrected chi connectivity index (χ4v) is 3.77. The molecule has 0 aromatic carbocycles. The van der Waals surface area contributed by atoms with Crippen LogP contribution in [0.4, 0.5) is 5.13 Å². The van der Waals surface area contributed by atoms with Crippen molar-refractivity contribution in [3.05, 3.63) is 0 Å². The Balaban J connectivity index is 2.06. The molecule has 1 aromatic rings. The highest BCUT2D eigenvalue weighted by Gasteiger charge is 2.28. The van der Waals surface area contributed by atoms with Gasteiger partial charge in [-0.15, -0.1) is 10.2 Å². The number of hydrogen-bond donors (Lipinski definition) is 2. The van der Waals surface area contributed by atoms with Crippen molar-refractivity contribution in [1.82, 2.24) is 14.9 Å². The van der Waals surface area contributed by atoms with Crippen molar-refractivity contribution in [2.45, 2.75) is 36.3 Å². The molecule has 0 amide bonds. The monoisotopic (exact) mass is 278 g/mol. The maximum Gasteiger partial charge on any atom is 0.270 e. The van der Waals surface area contributed by atoms with E-state index in [0.717, 1.165) is 24.2 Å². The molecule has 7 nitrogen and oxygen atoms in total. The summed E-state index contributed by atoms with van der Waals surface area (Å²) in [6.07, 6.45) is 1.75. The van der Waals surface area contributed by atoms with Crippen molar-refractivity contribution in [1.29, 1.82) is 0 Å². The minimum atomic E-state index is -3.64. The Morgan fingerprint density at radius 1 is 1.59 bits per heavy atom. The van der Waals surface area contributed by atoms with Crippen LogP contribution in [0.15, 0.2) is 4.34 Å². The van der Waals surface area contributed by atoms with E-state index in [1.165, 1.54) is 0 Å². The van der Waals surface area contributed by atoms with Gasteiger partial charge in [-0.3, -0.25) is 0 Å². The number of aromatic nitrogens is 2. The van der Waals surface area contributed by atoms with Gasteiger partial charge in [-0.05, 0) is 19.8 Å². The van der Waals surface area contributed by atoms with Crippen molar-refractivity contribution in [3.63, 3.8) is 0 Å². The molecule has 1 fully saturated rings. The quantitative estimate of drug-likeness (QED) is 0.800. The summed E-state index contributed by atoms with van der Waals surface area (Å²) in [6.45, 7) is 2.46. The zero-order valence-corrected chi connectivity index (χ0v) is 10.9. The predicted octanol–water partition coefficient (Wildman–Crippen LogP) is -0.0339. The number of nitrogens with one attached hydrogen (secondary N) is 1. The maximum absolute atomic E-state index is 11.9. The number of sulfonamides is 1. The molecular formula is C8H14N4O3S2. The van der Waals surface area contributed by atoms with Crippen LogP contribution in [0.2, 0.25) is 0 Å². The van der Waals surface area contributed by atoms with Crippen LogP contribution in [0.5, 0.6) is 0 Å². The molecule has 0 saturated carbocycles. The van der Waals surface area contributed by atoms with Gasteiger partial charge in [-0.2, -0.15) is 0 Å². The third kappa shape index (κ3) is 2.92. The van der Waals surface area contributed by atoms with Gasteiger partial charge in [0, 0.05) is 12.6 Å². The molecule has 2 unspecified atom stereocenters. The van der Waals surface area contributed by atoms with E-state index in [4.69, 9.17) is 10.5 Å². The molecule has 96 valence electrons. The normalized spacial score (nSPS) is 22.8. The first-order valence-electron chi connectivity index (χ1n) is 5.22. The van der Waals surface area contributed by atoms with Crippen molar-refractivity contribution in [2.75, 3.05) is 12.3 Å². The van der Waals surface area contributed by atoms with E-state index in [0.29, 0.717) is 6.61 Å². The molecule has 2 heterocycles. The number of nitrogens with two attached hydrogens (primary N) is 1. The first-order chi connectivity index (χ1) is 7.99. The van der Waals surface area contributed by atoms with E-state index in [2.05, 4.69) is 14.9 Å². The molecule has 0 spiro atoms. The van der Waals surface area contributed by atoms with Gasteiger partial charge in [0.05, 0.1) is 6.10 Å². The Kier molecular flexibility index (Phi) is 3.61. The van der Waals surface area contributed by atoms with Gasteiger partial charge in [-0.1, -0.05) is 11.3 Å². The van der Waals surface area contributed by atoms with Crippen molar-refractivity contribution >= 4 is 26.5 Å². The summed E-state index contributed by atoms with van der Waals surface area (Å²) in [5.74, 6) is 0. The number of anilines is 1. The van der Waals surface area contributed by atoms with Gasteiger partial charge in [0.25, 0.3) is 10.0 Å². The van der Waals surface area contributed by atoms with Crippen LogP contribution in [0.25, 0.3) is 0 Å². The van der Waals surface area contributed by atoms with Crippen LogP contribution in [-0.4, -0.2) is 37.4 Å². The molecule has 1 aliphatic rings. The summed E-state index contributed by atoms with van der Waals surface area (Å²) in [4.78, 5) is 0. The number of nitrogens with zero attached hydrogens (tertiary/aromatic N) is 2. The van der Waals surface area contributed by atoms with Gasteiger partial charge in [-0.25, -0.2) is 13.1 Å². The second kappa shape index (κ2) is 4.84. The SMILES string of the molecule is CC(NS(=O)(=O)c1nnc(N)s1)C1CCCO1. The standard InChI is InChI=1S/C8H14N4O3S2/c1-5(6-3-2-4-15-6)12-17(13,14)8-11-10-7(9)16-8/h5-6,12H,2-4H2,1H3,(H2,9,10). The summed E-state index contributed by atoms with van der Waals surface area (Å²) < 4.78 is 31.6. The molecule has 3 N–H and O–H groups in total. The Hall–Kier alpha value is -0.770. The Morgan fingerprint density at radius 3 is 2.88 bits per heavy atom. The summed E-state index contributed by atoms with van der Waals surface area (Å²) in [6, 6.07) is -0.285. The van der Waals surface area contributed by atoms with Crippen molar-refractivity contribution in [3.8, 4) is 0 Å². The summed E-state index contributed by atoms with van der Waals surface area (Å²) in [7, 11) is -3.64. The van der Waals surface area contributed by atoms with E-state index in [1.807, 2.05) is 0 Å². The zero-order valence-electron chi connectivity index (χ0n) is 9.29. The molecule has 1 aromatic heterocycles. The summed E-state index contributed by atoms with van der Waals surface area (Å²) in [5.41, 5.74) is 5.36. The molecule has 2 atom stereocenters. The lowest BCUT2D eigenvalue weighted by Gasteiger charge is -2.18. The van der Waals surface area contributed by atoms with Gasteiger partial charge in [0.2, 0.25) is 9.47 Å². The van der Waals surface area contributed by atoms with Crippen molar-refractivity contribution in [2.24, 2.45) is 0 Å². The van der Waals surface area contributed by atoms with E-state index in [1.54, 1.807) is 6.92 Å². The lowest BCUT2D eigenvalue weighted by atomic mass is 10.1. The molecule has 0 bridgehead atoms. The van der Waals surface area contributed by atoms with E-state index >= 15 is 0 Å². The first-order valence-corrected chi connectivity index (χ1v) is 7.52. The number of hydrogen-bond acceptors (Lipinski definition) is 7. The second-order valence-corrected chi connectivity index (χ2v) is 6.76. The van der Waals surface area contributed by atoms with Crippen LogP contribution >= 0.6 is 11.3 Å². The van der Waals surface area contributed by atoms with Crippen LogP contribution in [0, 0.1) is 0 Å². The first kappa shape index (κ1) is 12.7. The molecule has 9 heteroatoms. The number of nitrogen functional groups attached to an aromatic ring is 1. The van der Waals surface area contributed by atoms with E-state index in [9.17, 15) is 8.42 Å². The molecule has 17 heavy (non-hydrogen) atoms. The number of rotatable bonds is 4. The maximum atomic E-state index is 11.9. The van der Waals surface area contributed by atoms with Crippen LogP contribution < -0.4 is 10.5 Å². The average Bonchev–Trinajstić information content (AvgIpc) is 2.86. The highest BCUT2D eigenvalue weighted by atomic mass is 32.2. The Morgan fingerprint density at radius 2 is 2.35 bits per heavy atom. The summed E-state index contributed by atoms with van der Waals surface area (Å²) >= 11 is 0.843. The van der Waals surface area contributed by atoms with Gasteiger partial charge < -0.3 is 10.5 Å². The van der Waals surface area contributed by atoms with Crippen LogP contribution in [0.3, 0.4) is 0 Å². The molecule has 1 aliphatic heterocycles. The highest BCUT2D eigenvalue weighted by molar-refractivity contribution is 7.91.